The molecule has 2 rings (SSSR count). The molecule has 0 radical (unpaired) electrons. The Morgan fingerprint density at radius 2 is 2.17 bits per heavy atom. The molecule has 0 fully saturated rings. The summed E-state index contributed by atoms with van der Waals surface area (Å²) in [4.78, 5) is 24.6. The van der Waals surface area contributed by atoms with Crippen LogP contribution in [0.1, 0.15) is 0 Å². The minimum Gasteiger partial charge on any atom is -0.480 e. The van der Waals surface area contributed by atoms with Crippen LogP contribution in [-0.4, -0.2) is 43.2 Å². The highest BCUT2D eigenvalue weighted by molar-refractivity contribution is 6.02. The molecule has 1 aliphatic heterocycles. The van der Waals surface area contributed by atoms with Crippen LogP contribution in [0.3, 0.4) is 0 Å². The van der Waals surface area contributed by atoms with Crippen molar-refractivity contribution in [3.63, 3.8) is 0 Å². The van der Waals surface area contributed by atoms with Crippen LogP contribution in [0.5, 0.6) is 5.75 Å². The molecule has 1 heterocycles. The van der Waals surface area contributed by atoms with Crippen molar-refractivity contribution in [1.82, 2.24) is 5.32 Å². The number of rotatable bonds is 3. The van der Waals surface area contributed by atoms with Gasteiger partial charge in [0.1, 0.15) is 5.75 Å². The van der Waals surface area contributed by atoms with Gasteiger partial charge in [0.2, 0.25) is 6.10 Å². The molecule has 1 aromatic carbocycles. The molecule has 2 unspecified atom stereocenters. The largest absolute Gasteiger partial charge is 0.480 e. The SMILES string of the molecule is CNC(C(=O)O)C1Oc2ccccc2N(C)C1=O. The molecule has 6 nitrogen and oxygen atoms in total. The number of anilines is 1. The zero-order valence-corrected chi connectivity index (χ0v) is 10.1. The normalized spacial score (nSPS) is 20.0. The fraction of sp³-hybridized carbons (Fsp3) is 0.333. The second kappa shape index (κ2) is 4.66. The van der Waals surface area contributed by atoms with Crippen molar-refractivity contribution in [3.05, 3.63) is 24.3 Å². The Morgan fingerprint density at radius 3 is 2.78 bits per heavy atom. The summed E-state index contributed by atoms with van der Waals surface area (Å²) in [6.45, 7) is 0. The maximum atomic E-state index is 12.1. The predicted octanol–water partition coefficient (Wildman–Crippen LogP) is 0.0830. The van der Waals surface area contributed by atoms with Crippen molar-refractivity contribution in [1.29, 1.82) is 0 Å². The summed E-state index contributed by atoms with van der Waals surface area (Å²) in [5.41, 5.74) is 0.638. The average Bonchev–Trinajstić information content (AvgIpc) is 2.36. The van der Waals surface area contributed by atoms with Crippen molar-refractivity contribution in [2.45, 2.75) is 12.1 Å². The van der Waals surface area contributed by atoms with Crippen LogP contribution in [0.4, 0.5) is 5.69 Å². The summed E-state index contributed by atoms with van der Waals surface area (Å²) >= 11 is 0. The molecule has 0 spiro atoms. The molecular formula is C12H14N2O4. The average molecular weight is 250 g/mol. The van der Waals surface area contributed by atoms with Gasteiger partial charge in [0.05, 0.1) is 5.69 Å². The molecule has 0 saturated carbocycles. The quantitative estimate of drug-likeness (QED) is 0.794. The summed E-state index contributed by atoms with van der Waals surface area (Å²) < 4.78 is 5.49. The number of carbonyl (C=O) groups excluding carboxylic acids is 1. The molecule has 1 aromatic rings. The molecule has 2 atom stereocenters. The van der Waals surface area contributed by atoms with Crippen LogP contribution < -0.4 is 15.0 Å². The number of ether oxygens (including phenoxy) is 1. The number of fused-ring (bicyclic) bond motifs is 1. The monoisotopic (exact) mass is 250 g/mol. The third kappa shape index (κ3) is 1.91. The van der Waals surface area contributed by atoms with E-state index in [0.29, 0.717) is 11.4 Å². The van der Waals surface area contributed by atoms with Crippen molar-refractivity contribution in [3.8, 4) is 5.75 Å². The van der Waals surface area contributed by atoms with Gasteiger partial charge >= 0.3 is 5.97 Å². The Hall–Kier alpha value is -2.08. The van der Waals surface area contributed by atoms with Crippen molar-refractivity contribution in [2.24, 2.45) is 0 Å². The molecule has 0 saturated heterocycles. The molecule has 1 amide bonds. The van der Waals surface area contributed by atoms with Gasteiger partial charge in [-0.2, -0.15) is 0 Å². The minimum atomic E-state index is -1.12. The lowest BCUT2D eigenvalue weighted by Gasteiger charge is -2.34. The molecule has 0 bridgehead atoms. The number of benzene rings is 1. The third-order valence-electron chi connectivity index (χ3n) is 2.93. The van der Waals surface area contributed by atoms with E-state index in [9.17, 15) is 9.59 Å². The Kier molecular flexibility index (Phi) is 3.20. The van der Waals surface area contributed by atoms with Gasteiger partial charge in [-0.3, -0.25) is 9.59 Å². The standard InChI is InChI=1S/C12H14N2O4/c1-13-9(12(16)17)10-11(15)14(2)7-5-3-4-6-8(7)18-10/h3-6,9-10,13H,1-2H3,(H,16,17). The third-order valence-corrected chi connectivity index (χ3v) is 2.93. The Bertz CT molecular complexity index is 489. The van der Waals surface area contributed by atoms with E-state index in [0.717, 1.165) is 0 Å². The number of carboxylic acids is 1. The molecule has 2 N–H and O–H groups in total. The summed E-state index contributed by atoms with van der Waals surface area (Å²) in [5, 5.41) is 11.6. The maximum absolute atomic E-state index is 12.1. The number of nitrogens with zero attached hydrogens (tertiary/aromatic N) is 1. The number of para-hydroxylation sites is 2. The summed E-state index contributed by atoms with van der Waals surface area (Å²) in [7, 11) is 3.08. The van der Waals surface area contributed by atoms with E-state index in [-0.39, 0.29) is 5.91 Å². The van der Waals surface area contributed by atoms with Gasteiger partial charge in [0.15, 0.2) is 6.04 Å². The van der Waals surface area contributed by atoms with E-state index >= 15 is 0 Å². The zero-order chi connectivity index (χ0) is 13.3. The molecular weight excluding hydrogens is 236 g/mol. The summed E-state index contributed by atoms with van der Waals surface area (Å²) in [6, 6.07) is 5.94. The van der Waals surface area contributed by atoms with Crippen LogP contribution in [0.15, 0.2) is 24.3 Å². The maximum Gasteiger partial charge on any atom is 0.325 e. The Balaban J connectivity index is 2.37. The molecule has 18 heavy (non-hydrogen) atoms. The van der Waals surface area contributed by atoms with Gasteiger partial charge in [-0.05, 0) is 19.2 Å². The topological polar surface area (TPSA) is 78.9 Å². The smallest absolute Gasteiger partial charge is 0.325 e. The molecule has 0 aromatic heterocycles. The molecule has 0 aliphatic carbocycles. The fourth-order valence-electron chi connectivity index (χ4n) is 1.95. The summed E-state index contributed by atoms with van der Waals surface area (Å²) in [6.07, 6.45) is -1.06. The first-order valence-electron chi connectivity index (χ1n) is 5.49. The summed E-state index contributed by atoms with van der Waals surface area (Å²) in [5.74, 6) is -0.995. The van der Waals surface area contributed by atoms with Crippen LogP contribution >= 0.6 is 0 Å². The zero-order valence-electron chi connectivity index (χ0n) is 10.1. The van der Waals surface area contributed by atoms with E-state index in [4.69, 9.17) is 9.84 Å². The number of carbonyl (C=O) groups is 2. The van der Waals surface area contributed by atoms with E-state index in [1.54, 1.807) is 31.3 Å². The van der Waals surface area contributed by atoms with Crippen molar-refractivity contribution in [2.75, 3.05) is 19.0 Å². The molecule has 96 valence electrons. The lowest BCUT2D eigenvalue weighted by Crippen LogP contribution is -2.57. The fourth-order valence-corrected chi connectivity index (χ4v) is 1.95. The molecule has 6 heteroatoms. The van der Waals surface area contributed by atoms with Crippen molar-refractivity contribution < 1.29 is 19.4 Å². The highest BCUT2D eigenvalue weighted by Crippen LogP contribution is 2.33. The minimum absolute atomic E-state index is 0.379. The van der Waals surface area contributed by atoms with E-state index in [2.05, 4.69) is 5.32 Å². The van der Waals surface area contributed by atoms with Gasteiger partial charge in [0.25, 0.3) is 5.91 Å². The molecule has 1 aliphatic rings. The van der Waals surface area contributed by atoms with E-state index in [1.807, 2.05) is 0 Å². The van der Waals surface area contributed by atoms with E-state index < -0.39 is 18.1 Å². The second-order valence-corrected chi connectivity index (χ2v) is 4.01. The predicted molar refractivity (Wildman–Crippen MR) is 64.8 cm³/mol. The van der Waals surface area contributed by atoms with E-state index in [1.165, 1.54) is 11.9 Å². The number of hydrogen-bond donors (Lipinski definition) is 2. The first-order chi connectivity index (χ1) is 8.56. The van der Waals surface area contributed by atoms with Crippen LogP contribution in [0, 0.1) is 0 Å². The number of nitrogens with one attached hydrogen (secondary N) is 1. The van der Waals surface area contributed by atoms with Gasteiger partial charge in [-0.1, -0.05) is 12.1 Å². The Labute approximate surface area is 104 Å². The number of hydrogen-bond acceptors (Lipinski definition) is 4. The Morgan fingerprint density at radius 1 is 1.50 bits per heavy atom. The second-order valence-electron chi connectivity index (χ2n) is 4.01. The van der Waals surface area contributed by atoms with Gasteiger partial charge < -0.3 is 20.1 Å². The van der Waals surface area contributed by atoms with Gasteiger partial charge in [-0.25, -0.2) is 0 Å². The number of aliphatic carboxylic acids is 1. The first kappa shape index (κ1) is 12.4. The van der Waals surface area contributed by atoms with Crippen LogP contribution in [0.25, 0.3) is 0 Å². The number of amides is 1. The lowest BCUT2D eigenvalue weighted by molar-refractivity contribution is -0.145. The van der Waals surface area contributed by atoms with Gasteiger partial charge in [0, 0.05) is 7.05 Å². The number of carboxylic acid groups (broad SMARTS) is 1. The van der Waals surface area contributed by atoms with Crippen molar-refractivity contribution >= 4 is 17.6 Å². The van der Waals surface area contributed by atoms with Crippen LogP contribution in [0.2, 0.25) is 0 Å². The highest BCUT2D eigenvalue weighted by Gasteiger charge is 2.40. The first-order valence-corrected chi connectivity index (χ1v) is 5.49. The lowest BCUT2D eigenvalue weighted by atomic mass is 10.1. The number of likely N-dealkylation sites (N-methyl/N-ethyl adjacent to an activating group) is 2. The van der Waals surface area contributed by atoms with Crippen LogP contribution in [-0.2, 0) is 9.59 Å². The highest BCUT2D eigenvalue weighted by atomic mass is 16.5. The van der Waals surface area contributed by atoms with Gasteiger partial charge in [-0.15, -0.1) is 0 Å².